The fourth-order valence-electron chi connectivity index (χ4n) is 0.376. The summed E-state index contributed by atoms with van der Waals surface area (Å²) < 4.78 is 28.2. The zero-order valence-corrected chi connectivity index (χ0v) is 6.08. The summed E-state index contributed by atoms with van der Waals surface area (Å²) in [7, 11) is -4.00. The molecule has 0 aliphatic rings. The van der Waals surface area contributed by atoms with Crippen LogP contribution in [0.15, 0.2) is 0 Å². The van der Waals surface area contributed by atoms with Crippen LogP contribution in [0.5, 0.6) is 0 Å². The molecular weight excluding hydrogens is 160 g/mol. The van der Waals surface area contributed by atoms with Crippen molar-refractivity contribution in [3.63, 3.8) is 0 Å². The first-order chi connectivity index (χ1) is 4.45. The van der Waals surface area contributed by atoms with E-state index >= 15 is 0 Å². The van der Waals surface area contributed by atoms with Crippen molar-refractivity contribution in [2.24, 2.45) is 0 Å². The Bertz CT molecular complexity index is 172. The van der Waals surface area contributed by atoms with Crippen molar-refractivity contribution in [1.82, 2.24) is 0 Å². The van der Waals surface area contributed by atoms with Gasteiger partial charge in [0.2, 0.25) is 0 Å². The Morgan fingerprint density at radius 3 is 2.20 bits per heavy atom. The molecule has 0 aromatic carbocycles. The molecule has 1 atom stereocenters. The minimum atomic E-state index is -4.00. The van der Waals surface area contributed by atoms with Gasteiger partial charge in [0, 0.05) is 0 Å². The van der Waals surface area contributed by atoms with Gasteiger partial charge >= 0.3 is 0 Å². The Morgan fingerprint density at radius 2 is 1.90 bits per heavy atom. The summed E-state index contributed by atoms with van der Waals surface area (Å²) >= 11 is 0. The average Bonchev–Trinajstić information content (AvgIpc) is 1.81. The van der Waals surface area contributed by atoms with Crippen molar-refractivity contribution in [2.45, 2.75) is 12.5 Å². The molecule has 0 aliphatic carbocycles. The Kier molecular flexibility index (Phi) is 3.80. The number of rotatable bonds is 4. The predicted octanol–water partition coefficient (Wildman–Crippen LogP) is -1.38. The van der Waals surface area contributed by atoms with Gasteiger partial charge in [-0.2, -0.15) is 8.42 Å². The molecule has 3 N–H and O–H groups in total. The van der Waals surface area contributed by atoms with E-state index < -0.39 is 28.6 Å². The Morgan fingerprint density at radius 1 is 1.40 bits per heavy atom. The molecule has 0 aliphatic heterocycles. The topological polar surface area (TPSA) is 94.8 Å². The van der Waals surface area contributed by atoms with Gasteiger partial charge in [-0.3, -0.25) is 4.55 Å². The van der Waals surface area contributed by atoms with E-state index in [9.17, 15) is 8.42 Å². The molecule has 0 aromatic heterocycles. The smallest absolute Gasteiger partial charge is 0.264 e. The van der Waals surface area contributed by atoms with Crippen LogP contribution >= 0.6 is 0 Å². The van der Waals surface area contributed by atoms with E-state index in [0.29, 0.717) is 0 Å². The fraction of sp³-hybridized carbons (Fsp3) is 1.00. The molecule has 0 saturated heterocycles. The van der Waals surface area contributed by atoms with Crippen molar-refractivity contribution in [3.8, 4) is 0 Å². The van der Waals surface area contributed by atoms with Crippen molar-refractivity contribution in [2.75, 3.05) is 12.4 Å². The molecule has 1 unspecified atom stereocenters. The molecule has 0 bridgehead atoms. The van der Waals surface area contributed by atoms with Gasteiger partial charge in [0.15, 0.2) is 0 Å². The van der Waals surface area contributed by atoms with Gasteiger partial charge in [0.05, 0.1) is 18.5 Å². The van der Waals surface area contributed by atoms with Crippen LogP contribution in [0.3, 0.4) is 0 Å². The maximum Gasteiger partial charge on any atom is 0.264 e. The largest absolute Gasteiger partial charge is 0.394 e. The van der Waals surface area contributed by atoms with Crippen LogP contribution in [0, 0.1) is 0 Å². The Labute approximate surface area is 59.1 Å². The quantitative estimate of drug-likeness (QED) is 0.452. The lowest BCUT2D eigenvalue weighted by atomic mass is 10.3. The maximum atomic E-state index is 10.0. The maximum absolute atomic E-state index is 10.0. The van der Waals surface area contributed by atoms with Crippen LogP contribution in [0.25, 0.3) is 0 Å². The normalized spacial score (nSPS) is 15.1. The van der Waals surface area contributed by atoms with E-state index in [-0.39, 0.29) is 6.42 Å². The summed E-state index contributed by atoms with van der Waals surface area (Å²) in [6.45, 7) is -0.491. The first-order valence-corrected chi connectivity index (χ1v) is 4.30. The molecule has 62 valence electrons. The average molecular weight is 170 g/mol. The number of hydrogen-bond acceptors (Lipinski definition) is 4. The predicted molar refractivity (Wildman–Crippen MR) is 34.1 cm³/mol. The fourth-order valence-corrected chi connectivity index (χ4v) is 0.946. The Hall–Kier alpha value is -0.170. The SMILES string of the molecule is O=S(=O)(O)CCC(O)CO. The van der Waals surface area contributed by atoms with E-state index in [0.717, 1.165) is 0 Å². The van der Waals surface area contributed by atoms with E-state index in [4.69, 9.17) is 14.8 Å². The molecule has 0 spiro atoms. The second kappa shape index (κ2) is 3.87. The number of aliphatic hydroxyl groups is 2. The first kappa shape index (κ1) is 9.83. The summed E-state index contributed by atoms with van der Waals surface area (Å²) in [6, 6.07) is 0. The van der Waals surface area contributed by atoms with Crippen LogP contribution in [-0.2, 0) is 10.1 Å². The minimum Gasteiger partial charge on any atom is -0.394 e. The third kappa shape index (κ3) is 5.96. The highest BCUT2D eigenvalue weighted by molar-refractivity contribution is 7.85. The van der Waals surface area contributed by atoms with E-state index in [1.165, 1.54) is 0 Å². The molecule has 0 fully saturated rings. The number of aliphatic hydroxyl groups excluding tert-OH is 2. The molecule has 0 aromatic rings. The summed E-state index contributed by atoms with van der Waals surface area (Å²) in [5.41, 5.74) is 0. The highest BCUT2D eigenvalue weighted by atomic mass is 32.2. The van der Waals surface area contributed by atoms with Crippen LogP contribution in [0.4, 0.5) is 0 Å². The summed E-state index contributed by atoms with van der Waals surface area (Å²) in [5, 5.41) is 16.8. The summed E-state index contributed by atoms with van der Waals surface area (Å²) in [6.07, 6.45) is -1.21. The molecule has 0 amide bonds. The van der Waals surface area contributed by atoms with Crippen molar-refractivity contribution >= 4 is 10.1 Å². The van der Waals surface area contributed by atoms with E-state index in [1.807, 2.05) is 0 Å². The second-order valence-electron chi connectivity index (χ2n) is 1.91. The number of hydrogen-bond donors (Lipinski definition) is 3. The van der Waals surface area contributed by atoms with Gasteiger partial charge in [-0.25, -0.2) is 0 Å². The summed E-state index contributed by atoms with van der Waals surface area (Å²) in [4.78, 5) is 0. The molecule has 10 heavy (non-hydrogen) atoms. The third-order valence-corrected chi connectivity index (χ3v) is 1.67. The zero-order valence-electron chi connectivity index (χ0n) is 5.27. The van der Waals surface area contributed by atoms with Crippen LogP contribution in [0.1, 0.15) is 6.42 Å². The highest BCUT2D eigenvalue weighted by Crippen LogP contribution is 1.93. The molecule has 0 heterocycles. The second-order valence-corrected chi connectivity index (χ2v) is 3.48. The minimum absolute atomic E-state index is 0.144. The van der Waals surface area contributed by atoms with Gasteiger partial charge in [-0.1, -0.05) is 0 Å². The summed E-state index contributed by atoms with van der Waals surface area (Å²) in [5.74, 6) is -0.519. The zero-order chi connectivity index (χ0) is 8.20. The van der Waals surface area contributed by atoms with E-state index in [1.54, 1.807) is 0 Å². The molecular formula is C4H10O5S. The van der Waals surface area contributed by atoms with E-state index in [2.05, 4.69) is 0 Å². The van der Waals surface area contributed by atoms with Gasteiger partial charge in [0.25, 0.3) is 10.1 Å². The molecule has 0 saturated carbocycles. The Balaban J connectivity index is 3.56. The first-order valence-electron chi connectivity index (χ1n) is 2.70. The van der Waals surface area contributed by atoms with Crippen molar-refractivity contribution in [3.05, 3.63) is 0 Å². The van der Waals surface area contributed by atoms with Crippen molar-refractivity contribution in [1.29, 1.82) is 0 Å². The molecule has 0 rings (SSSR count). The lowest BCUT2D eigenvalue weighted by Crippen LogP contribution is -2.17. The lowest BCUT2D eigenvalue weighted by molar-refractivity contribution is 0.0925. The van der Waals surface area contributed by atoms with Crippen LogP contribution in [0.2, 0.25) is 0 Å². The standard InChI is InChI=1S/C4H10O5S/c5-3-4(6)1-2-10(7,8)9/h4-6H,1-3H2,(H,7,8,9). The van der Waals surface area contributed by atoms with Gasteiger partial charge in [0.1, 0.15) is 0 Å². The van der Waals surface area contributed by atoms with Crippen molar-refractivity contribution < 1.29 is 23.2 Å². The van der Waals surface area contributed by atoms with Gasteiger partial charge < -0.3 is 10.2 Å². The highest BCUT2D eigenvalue weighted by Gasteiger charge is 2.08. The molecule has 5 nitrogen and oxygen atoms in total. The monoisotopic (exact) mass is 170 g/mol. The van der Waals surface area contributed by atoms with Gasteiger partial charge in [-0.15, -0.1) is 0 Å². The van der Waals surface area contributed by atoms with Gasteiger partial charge in [-0.05, 0) is 6.42 Å². The lowest BCUT2D eigenvalue weighted by Gasteiger charge is -2.03. The van der Waals surface area contributed by atoms with Crippen LogP contribution in [-0.4, -0.2) is 41.6 Å². The molecule has 6 heteroatoms. The third-order valence-electron chi connectivity index (χ3n) is 0.920. The van der Waals surface area contributed by atoms with Crippen LogP contribution < -0.4 is 0 Å². The molecule has 0 radical (unpaired) electrons.